The first-order valence-corrected chi connectivity index (χ1v) is 10.3. The molecule has 2 aromatic heterocycles. The third-order valence-electron chi connectivity index (χ3n) is 5.61. The molecule has 1 aliphatic carbocycles. The quantitative estimate of drug-likeness (QED) is 0.730. The number of hydrogen-bond donors (Lipinski definition) is 1. The monoisotopic (exact) mass is 397 g/mol. The SMILES string of the molecule is CC(C)Cn1c(=O)c2ccc(C(=O)NC3CCCCC3)cc2n2c(=O)n(C)nc12. The van der Waals surface area contributed by atoms with E-state index in [9.17, 15) is 14.4 Å². The van der Waals surface area contributed by atoms with E-state index in [4.69, 9.17) is 0 Å². The first-order valence-electron chi connectivity index (χ1n) is 10.3. The number of nitrogens with zero attached hydrogens (tertiary/aromatic N) is 4. The normalized spacial score (nSPS) is 15.4. The summed E-state index contributed by atoms with van der Waals surface area (Å²) in [5, 5.41) is 7.77. The molecule has 0 radical (unpaired) electrons. The van der Waals surface area contributed by atoms with Crippen molar-refractivity contribution >= 4 is 22.6 Å². The predicted octanol–water partition coefficient (Wildman–Crippen LogP) is 2.07. The van der Waals surface area contributed by atoms with E-state index in [-0.39, 0.29) is 29.1 Å². The van der Waals surface area contributed by atoms with Crippen LogP contribution in [-0.4, -0.2) is 30.7 Å². The fraction of sp³-hybridized carbons (Fsp3) is 0.524. The molecule has 0 bridgehead atoms. The Morgan fingerprint density at radius 3 is 2.62 bits per heavy atom. The first-order chi connectivity index (χ1) is 13.9. The van der Waals surface area contributed by atoms with Crippen LogP contribution in [0, 0.1) is 5.92 Å². The van der Waals surface area contributed by atoms with Crippen LogP contribution in [0.1, 0.15) is 56.3 Å². The lowest BCUT2D eigenvalue weighted by Gasteiger charge is -2.22. The van der Waals surface area contributed by atoms with Gasteiger partial charge in [-0.05, 0) is 37.0 Å². The van der Waals surface area contributed by atoms with Crippen LogP contribution < -0.4 is 16.6 Å². The van der Waals surface area contributed by atoms with Gasteiger partial charge in [-0.25, -0.2) is 13.9 Å². The van der Waals surface area contributed by atoms with Crippen molar-refractivity contribution in [3.8, 4) is 0 Å². The summed E-state index contributed by atoms with van der Waals surface area (Å²) in [5.41, 5.74) is 0.318. The molecule has 3 aromatic rings. The molecule has 0 aliphatic heterocycles. The van der Waals surface area contributed by atoms with E-state index < -0.39 is 0 Å². The van der Waals surface area contributed by atoms with Crippen LogP contribution in [0.3, 0.4) is 0 Å². The number of benzene rings is 1. The van der Waals surface area contributed by atoms with Crippen molar-refractivity contribution in [3.63, 3.8) is 0 Å². The average molecular weight is 397 g/mol. The van der Waals surface area contributed by atoms with Gasteiger partial charge in [0.25, 0.3) is 11.5 Å². The van der Waals surface area contributed by atoms with Crippen molar-refractivity contribution < 1.29 is 4.79 Å². The molecule has 0 saturated heterocycles. The van der Waals surface area contributed by atoms with Gasteiger partial charge in [0.15, 0.2) is 0 Å². The van der Waals surface area contributed by atoms with Crippen molar-refractivity contribution in [2.24, 2.45) is 13.0 Å². The van der Waals surface area contributed by atoms with Gasteiger partial charge in [0.05, 0.1) is 10.9 Å². The lowest BCUT2D eigenvalue weighted by Crippen LogP contribution is -2.36. The molecule has 8 nitrogen and oxygen atoms in total. The maximum atomic E-state index is 13.1. The van der Waals surface area contributed by atoms with E-state index in [1.54, 1.807) is 25.2 Å². The molecular weight excluding hydrogens is 370 g/mol. The number of carbonyl (C=O) groups is 1. The standard InChI is InChI=1S/C21H27N5O3/c1-13(2)12-25-19(28)16-10-9-14(18(27)22-15-7-5-4-6-8-15)11-17(16)26-20(25)23-24(3)21(26)29/h9-11,13,15H,4-8,12H2,1-3H3,(H,22,27). The number of carbonyl (C=O) groups excluding carboxylic acids is 1. The second-order valence-electron chi connectivity index (χ2n) is 8.39. The molecule has 0 atom stereocenters. The highest BCUT2D eigenvalue weighted by Crippen LogP contribution is 2.19. The van der Waals surface area contributed by atoms with Crippen LogP contribution in [0.2, 0.25) is 0 Å². The summed E-state index contributed by atoms with van der Waals surface area (Å²) < 4.78 is 4.19. The minimum Gasteiger partial charge on any atom is -0.349 e. The minimum atomic E-state index is -0.340. The zero-order valence-electron chi connectivity index (χ0n) is 17.1. The van der Waals surface area contributed by atoms with Gasteiger partial charge in [-0.15, -0.1) is 5.10 Å². The van der Waals surface area contributed by atoms with Crippen LogP contribution in [-0.2, 0) is 13.6 Å². The smallest absolute Gasteiger partial charge is 0.349 e. The van der Waals surface area contributed by atoms with Gasteiger partial charge >= 0.3 is 5.69 Å². The third-order valence-corrected chi connectivity index (χ3v) is 5.61. The zero-order chi connectivity index (χ0) is 20.7. The molecule has 1 aromatic carbocycles. The lowest BCUT2D eigenvalue weighted by atomic mass is 9.95. The molecule has 1 aliphatic rings. The van der Waals surface area contributed by atoms with Gasteiger partial charge in [0.1, 0.15) is 0 Å². The number of aromatic nitrogens is 4. The predicted molar refractivity (Wildman–Crippen MR) is 111 cm³/mol. The van der Waals surface area contributed by atoms with E-state index in [0.29, 0.717) is 28.8 Å². The number of aryl methyl sites for hydroxylation is 1. The molecule has 1 N–H and O–H groups in total. The van der Waals surface area contributed by atoms with Gasteiger partial charge in [0, 0.05) is 25.2 Å². The molecule has 154 valence electrons. The summed E-state index contributed by atoms with van der Waals surface area (Å²) in [5.74, 6) is 0.343. The molecule has 8 heteroatoms. The fourth-order valence-electron chi connectivity index (χ4n) is 4.16. The Morgan fingerprint density at radius 2 is 1.93 bits per heavy atom. The fourth-order valence-corrected chi connectivity index (χ4v) is 4.16. The van der Waals surface area contributed by atoms with E-state index in [1.165, 1.54) is 20.1 Å². The highest BCUT2D eigenvalue weighted by Gasteiger charge is 2.20. The molecule has 4 rings (SSSR count). The lowest BCUT2D eigenvalue weighted by molar-refractivity contribution is 0.0928. The Balaban J connectivity index is 1.86. The van der Waals surface area contributed by atoms with Crippen LogP contribution in [0.25, 0.3) is 16.7 Å². The van der Waals surface area contributed by atoms with Crippen LogP contribution in [0.4, 0.5) is 0 Å². The Hall–Kier alpha value is -2.90. The summed E-state index contributed by atoms with van der Waals surface area (Å²) in [7, 11) is 1.56. The number of fused-ring (bicyclic) bond motifs is 3. The molecule has 0 spiro atoms. The highest BCUT2D eigenvalue weighted by atomic mass is 16.2. The molecular formula is C21H27N5O3. The molecule has 1 saturated carbocycles. The summed E-state index contributed by atoms with van der Waals surface area (Å²) in [4.78, 5) is 38.6. The molecule has 0 unspecified atom stereocenters. The molecule has 1 amide bonds. The van der Waals surface area contributed by atoms with Crippen molar-refractivity contribution in [2.45, 2.75) is 58.5 Å². The summed E-state index contributed by atoms with van der Waals surface area (Å²) in [6, 6.07) is 5.12. The van der Waals surface area contributed by atoms with E-state index in [1.807, 2.05) is 13.8 Å². The second kappa shape index (κ2) is 7.50. The minimum absolute atomic E-state index is 0.171. The van der Waals surface area contributed by atoms with Crippen molar-refractivity contribution in [3.05, 3.63) is 44.6 Å². The van der Waals surface area contributed by atoms with Crippen molar-refractivity contribution in [1.29, 1.82) is 0 Å². The van der Waals surface area contributed by atoms with Gasteiger partial charge in [0.2, 0.25) is 5.78 Å². The number of amides is 1. The van der Waals surface area contributed by atoms with Crippen molar-refractivity contribution in [1.82, 2.24) is 24.1 Å². The first kappa shape index (κ1) is 19.4. The van der Waals surface area contributed by atoms with E-state index in [2.05, 4.69) is 10.4 Å². The Morgan fingerprint density at radius 1 is 1.21 bits per heavy atom. The van der Waals surface area contributed by atoms with E-state index in [0.717, 1.165) is 25.7 Å². The largest absolute Gasteiger partial charge is 0.351 e. The number of hydrogen-bond acceptors (Lipinski definition) is 4. The topological polar surface area (TPSA) is 90.4 Å². The van der Waals surface area contributed by atoms with Crippen molar-refractivity contribution in [2.75, 3.05) is 0 Å². The Labute approximate surface area is 168 Å². The zero-order valence-corrected chi connectivity index (χ0v) is 17.1. The Bertz CT molecular complexity index is 1190. The van der Waals surface area contributed by atoms with Gasteiger partial charge in [-0.2, -0.15) is 0 Å². The number of rotatable bonds is 4. The van der Waals surface area contributed by atoms with Gasteiger partial charge in [-0.1, -0.05) is 33.1 Å². The highest BCUT2D eigenvalue weighted by molar-refractivity contribution is 5.98. The molecule has 2 heterocycles. The molecule has 29 heavy (non-hydrogen) atoms. The third kappa shape index (κ3) is 3.47. The molecule has 1 fully saturated rings. The summed E-state index contributed by atoms with van der Waals surface area (Å²) in [6.45, 7) is 4.47. The van der Waals surface area contributed by atoms with Crippen LogP contribution in [0.5, 0.6) is 0 Å². The Kier molecular flexibility index (Phi) is 5.02. The van der Waals surface area contributed by atoms with Gasteiger partial charge < -0.3 is 5.32 Å². The maximum absolute atomic E-state index is 13.1. The summed E-state index contributed by atoms with van der Waals surface area (Å²) in [6.07, 6.45) is 5.46. The second-order valence-corrected chi connectivity index (χ2v) is 8.39. The van der Waals surface area contributed by atoms with Crippen LogP contribution >= 0.6 is 0 Å². The van der Waals surface area contributed by atoms with Crippen LogP contribution in [0.15, 0.2) is 27.8 Å². The number of nitrogens with one attached hydrogen (secondary N) is 1. The van der Waals surface area contributed by atoms with Gasteiger partial charge in [-0.3, -0.25) is 14.2 Å². The van der Waals surface area contributed by atoms with E-state index >= 15 is 0 Å². The average Bonchev–Trinajstić information content (AvgIpc) is 3.00. The summed E-state index contributed by atoms with van der Waals surface area (Å²) >= 11 is 0. The maximum Gasteiger partial charge on any atom is 0.351 e.